The second-order valence-corrected chi connectivity index (χ2v) is 9.68. The molecule has 0 saturated carbocycles. The van der Waals surface area contributed by atoms with Crippen LogP contribution in [0.2, 0.25) is 0 Å². The Balaban J connectivity index is 1.75. The number of amides is 1. The first-order valence-electron chi connectivity index (χ1n) is 10.3. The van der Waals surface area contributed by atoms with Crippen molar-refractivity contribution in [3.63, 3.8) is 0 Å². The first-order valence-corrected chi connectivity index (χ1v) is 11.8. The molecule has 2 saturated heterocycles. The van der Waals surface area contributed by atoms with Crippen molar-refractivity contribution in [2.75, 3.05) is 39.5 Å². The fourth-order valence-electron chi connectivity index (χ4n) is 4.06. The highest BCUT2D eigenvalue weighted by Gasteiger charge is 2.30. The maximum absolute atomic E-state index is 13.2. The second-order valence-electron chi connectivity index (χ2n) is 7.97. The van der Waals surface area contributed by atoms with Crippen molar-refractivity contribution in [2.24, 2.45) is 0 Å². The van der Waals surface area contributed by atoms with Gasteiger partial charge >= 0.3 is 0 Å². The molecule has 2 aliphatic heterocycles. The number of hydrogen-bond donors (Lipinski definition) is 1. The number of carbonyl (C=O) groups excluding carboxylic acids is 1. The van der Waals surface area contributed by atoms with Crippen molar-refractivity contribution in [3.8, 4) is 0 Å². The standard InChI is InChI=1S/C21H28N2O6S/c1-13-11-17-15(3)18(21(24)23-6-9-27-10-7-23)29-19(17)20(14(13)2)30(25,26)22-12-16-5-4-8-28-16/h11,16,22H,4-10,12H2,1-3H3. The van der Waals surface area contributed by atoms with Gasteiger partial charge in [0, 0.05) is 37.2 Å². The Kier molecular flexibility index (Phi) is 5.89. The highest BCUT2D eigenvalue weighted by molar-refractivity contribution is 7.89. The summed E-state index contributed by atoms with van der Waals surface area (Å²) in [5, 5.41) is 0.646. The van der Waals surface area contributed by atoms with Gasteiger partial charge in [-0.2, -0.15) is 0 Å². The largest absolute Gasteiger partial charge is 0.449 e. The zero-order chi connectivity index (χ0) is 21.5. The Morgan fingerprint density at radius 1 is 1.17 bits per heavy atom. The third kappa shape index (κ3) is 3.87. The number of aryl methyl sites for hydroxylation is 2. The number of ether oxygens (including phenoxy) is 2. The molecule has 0 bridgehead atoms. The molecule has 2 aliphatic rings. The van der Waals surface area contributed by atoms with E-state index in [1.54, 1.807) is 18.7 Å². The molecule has 1 amide bonds. The molecular formula is C21H28N2O6S. The van der Waals surface area contributed by atoms with E-state index in [9.17, 15) is 13.2 Å². The minimum atomic E-state index is -3.85. The number of hydrogen-bond acceptors (Lipinski definition) is 6. The normalized spacial score (nSPS) is 20.2. The Bertz CT molecular complexity index is 1060. The van der Waals surface area contributed by atoms with Crippen LogP contribution in [-0.2, 0) is 19.5 Å². The van der Waals surface area contributed by atoms with E-state index in [2.05, 4.69) is 4.72 Å². The Morgan fingerprint density at radius 3 is 2.57 bits per heavy atom. The number of fused-ring (bicyclic) bond motifs is 1. The molecule has 8 nitrogen and oxygen atoms in total. The lowest BCUT2D eigenvalue weighted by atomic mass is 10.0. The number of sulfonamides is 1. The third-order valence-corrected chi connectivity index (χ3v) is 7.55. The van der Waals surface area contributed by atoms with Gasteiger partial charge in [0.15, 0.2) is 11.3 Å². The van der Waals surface area contributed by atoms with Crippen LogP contribution in [0.15, 0.2) is 15.4 Å². The molecule has 1 aromatic heterocycles. The van der Waals surface area contributed by atoms with Crippen molar-refractivity contribution in [1.29, 1.82) is 0 Å². The summed E-state index contributed by atoms with van der Waals surface area (Å²) in [6, 6.07) is 1.89. The maximum Gasteiger partial charge on any atom is 0.290 e. The van der Waals surface area contributed by atoms with Gasteiger partial charge in [0.2, 0.25) is 10.0 Å². The highest BCUT2D eigenvalue weighted by Crippen LogP contribution is 2.35. The summed E-state index contributed by atoms with van der Waals surface area (Å²) in [4.78, 5) is 14.8. The SMILES string of the molecule is Cc1cc2c(C)c(C(=O)N3CCOCC3)oc2c(S(=O)(=O)NCC2CCCO2)c1C. The van der Waals surface area contributed by atoms with Gasteiger partial charge in [-0.05, 0) is 50.8 Å². The maximum atomic E-state index is 13.2. The lowest BCUT2D eigenvalue weighted by molar-refractivity contribution is 0.0283. The van der Waals surface area contributed by atoms with E-state index < -0.39 is 10.0 Å². The number of nitrogens with one attached hydrogen (secondary N) is 1. The van der Waals surface area contributed by atoms with Crippen LogP contribution in [0.1, 0.15) is 40.1 Å². The molecular weight excluding hydrogens is 408 g/mol. The van der Waals surface area contributed by atoms with Crippen LogP contribution >= 0.6 is 0 Å². The van der Waals surface area contributed by atoms with Gasteiger partial charge < -0.3 is 18.8 Å². The van der Waals surface area contributed by atoms with E-state index >= 15 is 0 Å². The molecule has 164 valence electrons. The summed E-state index contributed by atoms with van der Waals surface area (Å²) >= 11 is 0. The molecule has 2 fully saturated rings. The lowest BCUT2D eigenvalue weighted by Gasteiger charge is -2.26. The van der Waals surface area contributed by atoms with Crippen LogP contribution in [0.4, 0.5) is 0 Å². The summed E-state index contributed by atoms with van der Waals surface area (Å²) in [5.74, 6) is -0.0505. The van der Waals surface area contributed by atoms with Crippen molar-refractivity contribution >= 4 is 26.9 Å². The second kappa shape index (κ2) is 8.30. The third-order valence-electron chi connectivity index (χ3n) is 5.98. The topological polar surface area (TPSA) is 98.1 Å². The van der Waals surface area contributed by atoms with E-state index in [0.717, 1.165) is 18.4 Å². The number of furan rings is 1. The Labute approximate surface area is 176 Å². The monoisotopic (exact) mass is 436 g/mol. The van der Waals surface area contributed by atoms with Gasteiger partial charge in [-0.15, -0.1) is 0 Å². The van der Waals surface area contributed by atoms with Crippen molar-refractivity contribution < 1.29 is 27.1 Å². The zero-order valence-electron chi connectivity index (χ0n) is 17.6. The van der Waals surface area contributed by atoms with Crippen LogP contribution in [-0.4, -0.2) is 64.8 Å². The quantitative estimate of drug-likeness (QED) is 0.772. The van der Waals surface area contributed by atoms with Gasteiger partial charge in [-0.3, -0.25) is 4.79 Å². The molecule has 30 heavy (non-hydrogen) atoms. The van der Waals surface area contributed by atoms with E-state index in [4.69, 9.17) is 13.9 Å². The fraction of sp³-hybridized carbons (Fsp3) is 0.571. The molecule has 0 radical (unpaired) electrons. The average Bonchev–Trinajstić information content (AvgIpc) is 3.36. The van der Waals surface area contributed by atoms with E-state index in [0.29, 0.717) is 49.4 Å². The van der Waals surface area contributed by atoms with Gasteiger partial charge in [-0.25, -0.2) is 13.1 Å². The van der Waals surface area contributed by atoms with Gasteiger partial charge in [0.25, 0.3) is 5.91 Å². The molecule has 1 unspecified atom stereocenters. The number of rotatable bonds is 5. The number of nitrogens with zero attached hydrogens (tertiary/aromatic N) is 1. The number of morpholine rings is 1. The summed E-state index contributed by atoms with van der Waals surface area (Å²) in [5.41, 5.74) is 2.32. The number of benzene rings is 1. The van der Waals surface area contributed by atoms with Crippen LogP contribution in [0.3, 0.4) is 0 Å². The average molecular weight is 437 g/mol. The van der Waals surface area contributed by atoms with Crippen LogP contribution in [0.5, 0.6) is 0 Å². The smallest absolute Gasteiger partial charge is 0.290 e. The summed E-state index contributed by atoms with van der Waals surface area (Å²) < 4.78 is 45.9. The first kappa shape index (κ1) is 21.3. The van der Waals surface area contributed by atoms with Crippen molar-refractivity contribution in [2.45, 2.75) is 44.6 Å². The molecule has 3 heterocycles. The lowest BCUT2D eigenvalue weighted by Crippen LogP contribution is -2.40. The van der Waals surface area contributed by atoms with Crippen molar-refractivity contribution in [1.82, 2.24) is 9.62 Å². The first-order chi connectivity index (χ1) is 14.3. The predicted octanol–water partition coefficient (Wildman–Crippen LogP) is 2.29. The molecule has 1 aromatic carbocycles. The highest BCUT2D eigenvalue weighted by atomic mass is 32.2. The van der Waals surface area contributed by atoms with Crippen molar-refractivity contribution in [3.05, 3.63) is 28.5 Å². The van der Waals surface area contributed by atoms with Crippen LogP contribution in [0.25, 0.3) is 11.0 Å². The summed E-state index contributed by atoms with van der Waals surface area (Å²) in [7, 11) is -3.85. The molecule has 1 atom stereocenters. The predicted molar refractivity (Wildman–Crippen MR) is 111 cm³/mol. The molecule has 2 aromatic rings. The molecule has 9 heteroatoms. The Hall–Kier alpha value is -1.94. The van der Waals surface area contributed by atoms with Gasteiger partial charge in [0.1, 0.15) is 4.90 Å². The minimum absolute atomic E-state index is 0.0969. The summed E-state index contributed by atoms with van der Waals surface area (Å²) in [6.45, 7) is 8.24. The van der Waals surface area contributed by atoms with E-state index in [1.807, 2.05) is 13.0 Å². The van der Waals surface area contributed by atoms with E-state index in [-0.39, 0.29) is 34.8 Å². The van der Waals surface area contributed by atoms with E-state index in [1.165, 1.54) is 0 Å². The summed E-state index contributed by atoms with van der Waals surface area (Å²) in [6.07, 6.45) is 1.66. The fourth-order valence-corrected chi connectivity index (χ4v) is 5.57. The van der Waals surface area contributed by atoms with Gasteiger partial charge in [0.05, 0.1) is 19.3 Å². The Morgan fingerprint density at radius 2 is 1.90 bits per heavy atom. The van der Waals surface area contributed by atoms with Crippen LogP contribution < -0.4 is 4.72 Å². The van der Waals surface area contributed by atoms with Crippen LogP contribution in [0, 0.1) is 20.8 Å². The molecule has 0 aliphatic carbocycles. The minimum Gasteiger partial charge on any atom is -0.449 e. The molecule has 0 spiro atoms. The molecule has 4 rings (SSSR count). The van der Waals surface area contributed by atoms with Gasteiger partial charge in [-0.1, -0.05) is 0 Å². The number of carbonyl (C=O) groups is 1. The zero-order valence-corrected chi connectivity index (χ0v) is 18.4. The molecule has 1 N–H and O–H groups in total.